The van der Waals surface area contributed by atoms with Gasteiger partial charge in [0, 0.05) is 16.5 Å². The molecule has 98 valence electrons. The third-order valence-corrected chi connectivity index (χ3v) is 3.18. The Morgan fingerprint density at radius 1 is 1.22 bits per heavy atom. The molecule has 0 saturated heterocycles. The van der Waals surface area contributed by atoms with Crippen molar-refractivity contribution >= 4 is 27.7 Å². The molecule has 3 nitrogen and oxygen atoms in total. The summed E-state index contributed by atoms with van der Waals surface area (Å²) < 4.78 is 5.75. The minimum Gasteiger partial charge on any atom is -0.466 e. The number of carbonyl (C=O) groups is 2. The van der Waals surface area contributed by atoms with Crippen LogP contribution in [0.1, 0.15) is 43.0 Å². The lowest BCUT2D eigenvalue weighted by molar-refractivity contribution is -0.143. The summed E-state index contributed by atoms with van der Waals surface area (Å²) in [6, 6.07) is 7.21. The predicted octanol–water partition coefficient (Wildman–Crippen LogP) is 3.76. The molecule has 1 aromatic rings. The predicted molar refractivity (Wildman–Crippen MR) is 73.6 cm³/mol. The third kappa shape index (κ3) is 5.00. The van der Waals surface area contributed by atoms with Crippen molar-refractivity contribution in [2.24, 2.45) is 0 Å². The Kier molecular flexibility index (Phi) is 6.65. The normalized spacial score (nSPS) is 10.1. The second-order valence-electron chi connectivity index (χ2n) is 3.98. The molecule has 0 aliphatic heterocycles. The smallest absolute Gasteiger partial charge is 0.306 e. The van der Waals surface area contributed by atoms with E-state index in [1.807, 2.05) is 19.1 Å². The van der Waals surface area contributed by atoms with Crippen LogP contribution in [0.25, 0.3) is 0 Å². The van der Waals surface area contributed by atoms with Gasteiger partial charge in [0.15, 0.2) is 5.78 Å². The van der Waals surface area contributed by atoms with Gasteiger partial charge in [0.05, 0.1) is 13.0 Å². The molecule has 0 N–H and O–H groups in total. The molecule has 0 atom stereocenters. The number of unbranched alkanes of at least 4 members (excludes halogenated alkanes) is 1. The Morgan fingerprint density at radius 2 is 1.94 bits per heavy atom. The van der Waals surface area contributed by atoms with Crippen LogP contribution in [-0.2, 0) is 9.53 Å². The summed E-state index contributed by atoms with van der Waals surface area (Å²) in [5.74, 6) is -0.348. The molecule has 1 rings (SSSR count). The topological polar surface area (TPSA) is 43.4 Å². The number of ketones is 1. The van der Waals surface area contributed by atoms with Crippen LogP contribution >= 0.6 is 15.9 Å². The fourth-order valence-electron chi connectivity index (χ4n) is 1.44. The van der Waals surface area contributed by atoms with Gasteiger partial charge in [-0.25, -0.2) is 0 Å². The first-order valence-corrected chi connectivity index (χ1v) is 6.87. The van der Waals surface area contributed by atoms with E-state index in [0.29, 0.717) is 12.2 Å². The first kappa shape index (κ1) is 14.9. The van der Waals surface area contributed by atoms with Crippen molar-refractivity contribution in [1.29, 1.82) is 0 Å². The number of esters is 1. The van der Waals surface area contributed by atoms with Crippen molar-refractivity contribution in [1.82, 2.24) is 0 Å². The van der Waals surface area contributed by atoms with E-state index < -0.39 is 0 Å². The van der Waals surface area contributed by atoms with E-state index in [1.54, 1.807) is 12.1 Å². The summed E-state index contributed by atoms with van der Waals surface area (Å²) in [5, 5.41) is 0. The van der Waals surface area contributed by atoms with Crippen molar-refractivity contribution in [2.75, 3.05) is 6.61 Å². The lowest BCUT2D eigenvalue weighted by Crippen LogP contribution is -2.09. The monoisotopic (exact) mass is 312 g/mol. The number of hydrogen-bond acceptors (Lipinski definition) is 3. The highest BCUT2D eigenvalue weighted by Gasteiger charge is 2.12. The van der Waals surface area contributed by atoms with E-state index in [4.69, 9.17) is 4.74 Å². The van der Waals surface area contributed by atoms with Crippen molar-refractivity contribution in [3.8, 4) is 0 Å². The molecule has 0 aromatic heterocycles. The SMILES string of the molecule is CCCCOC(=O)CCC(=O)c1ccccc1Br. The highest BCUT2D eigenvalue weighted by molar-refractivity contribution is 9.10. The van der Waals surface area contributed by atoms with Crippen LogP contribution < -0.4 is 0 Å². The number of rotatable bonds is 7. The maximum absolute atomic E-state index is 11.9. The van der Waals surface area contributed by atoms with Gasteiger partial charge in [-0.1, -0.05) is 47.5 Å². The van der Waals surface area contributed by atoms with Crippen molar-refractivity contribution < 1.29 is 14.3 Å². The average Bonchev–Trinajstić information content (AvgIpc) is 2.37. The number of benzene rings is 1. The zero-order valence-electron chi connectivity index (χ0n) is 10.4. The van der Waals surface area contributed by atoms with E-state index in [1.165, 1.54) is 0 Å². The standard InChI is InChI=1S/C14H17BrO3/c1-2-3-10-18-14(17)9-8-13(16)11-6-4-5-7-12(11)15/h4-7H,2-3,8-10H2,1H3. The molecule has 0 bridgehead atoms. The number of Topliss-reactive ketones (excluding diaryl/α,β-unsaturated/α-hetero) is 1. The summed E-state index contributed by atoms with van der Waals surface area (Å²) >= 11 is 3.32. The Labute approximate surface area is 116 Å². The minimum atomic E-state index is -0.302. The van der Waals surface area contributed by atoms with Crippen molar-refractivity contribution in [3.63, 3.8) is 0 Å². The van der Waals surface area contributed by atoms with Gasteiger partial charge in [0.2, 0.25) is 0 Å². The minimum absolute atomic E-state index is 0.0464. The van der Waals surface area contributed by atoms with E-state index in [0.717, 1.165) is 17.3 Å². The van der Waals surface area contributed by atoms with Gasteiger partial charge >= 0.3 is 5.97 Å². The van der Waals surface area contributed by atoms with Crippen molar-refractivity contribution in [3.05, 3.63) is 34.3 Å². The van der Waals surface area contributed by atoms with Gasteiger partial charge in [-0.05, 0) is 12.5 Å². The van der Waals surface area contributed by atoms with E-state index >= 15 is 0 Å². The third-order valence-electron chi connectivity index (χ3n) is 2.49. The van der Waals surface area contributed by atoms with Crippen LogP contribution in [0.15, 0.2) is 28.7 Å². The number of ether oxygens (including phenoxy) is 1. The zero-order chi connectivity index (χ0) is 13.4. The summed E-state index contributed by atoms with van der Waals surface area (Å²) in [4.78, 5) is 23.2. The first-order valence-electron chi connectivity index (χ1n) is 6.08. The molecule has 0 aliphatic carbocycles. The second kappa shape index (κ2) is 8.03. The van der Waals surface area contributed by atoms with E-state index in [2.05, 4.69) is 15.9 Å². The summed E-state index contributed by atoms with van der Waals surface area (Å²) in [6.07, 6.45) is 2.19. The summed E-state index contributed by atoms with van der Waals surface area (Å²) in [5.41, 5.74) is 0.610. The van der Waals surface area contributed by atoms with Crippen LogP contribution in [0.4, 0.5) is 0 Å². The van der Waals surface area contributed by atoms with E-state index in [9.17, 15) is 9.59 Å². The van der Waals surface area contributed by atoms with Gasteiger partial charge in [-0.3, -0.25) is 9.59 Å². The second-order valence-corrected chi connectivity index (χ2v) is 4.83. The first-order chi connectivity index (χ1) is 8.65. The van der Waals surface area contributed by atoms with E-state index in [-0.39, 0.29) is 24.6 Å². The summed E-state index contributed by atoms with van der Waals surface area (Å²) in [6.45, 7) is 2.48. The molecular weight excluding hydrogens is 296 g/mol. The maximum atomic E-state index is 11.9. The quantitative estimate of drug-likeness (QED) is 0.437. The molecule has 0 fully saturated rings. The molecule has 0 spiro atoms. The molecule has 18 heavy (non-hydrogen) atoms. The number of carbonyl (C=O) groups excluding carboxylic acids is 2. The van der Waals surface area contributed by atoms with Crippen LogP contribution in [0.5, 0.6) is 0 Å². The fourth-order valence-corrected chi connectivity index (χ4v) is 1.95. The summed E-state index contributed by atoms with van der Waals surface area (Å²) in [7, 11) is 0. The molecule has 0 aliphatic rings. The van der Waals surface area contributed by atoms with Crippen molar-refractivity contribution in [2.45, 2.75) is 32.6 Å². The molecule has 0 unspecified atom stereocenters. The Bertz CT molecular complexity index is 415. The molecular formula is C14H17BrO3. The Hall–Kier alpha value is -1.16. The lowest BCUT2D eigenvalue weighted by Gasteiger charge is -2.04. The Balaban J connectivity index is 2.38. The van der Waals surface area contributed by atoms with Crippen LogP contribution in [0.2, 0.25) is 0 Å². The molecule has 1 aromatic carbocycles. The lowest BCUT2D eigenvalue weighted by atomic mass is 10.1. The van der Waals surface area contributed by atoms with Gasteiger partial charge in [0.25, 0.3) is 0 Å². The zero-order valence-corrected chi connectivity index (χ0v) is 12.0. The number of hydrogen-bond donors (Lipinski definition) is 0. The molecule has 0 saturated carbocycles. The molecule has 0 amide bonds. The fraction of sp³-hybridized carbons (Fsp3) is 0.429. The largest absolute Gasteiger partial charge is 0.466 e. The van der Waals surface area contributed by atoms with Crippen LogP contribution in [0.3, 0.4) is 0 Å². The average molecular weight is 313 g/mol. The highest BCUT2D eigenvalue weighted by atomic mass is 79.9. The molecule has 4 heteroatoms. The molecule has 0 heterocycles. The van der Waals surface area contributed by atoms with Gasteiger partial charge in [0.1, 0.15) is 0 Å². The van der Waals surface area contributed by atoms with Gasteiger partial charge in [-0.2, -0.15) is 0 Å². The highest BCUT2D eigenvalue weighted by Crippen LogP contribution is 2.18. The Morgan fingerprint density at radius 3 is 2.61 bits per heavy atom. The molecule has 0 radical (unpaired) electrons. The van der Waals surface area contributed by atoms with Crippen LogP contribution in [0, 0.1) is 0 Å². The van der Waals surface area contributed by atoms with Gasteiger partial charge < -0.3 is 4.74 Å². The van der Waals surface area contributed by atoms with Gasteiger partial charge in [-0.15, -0.1) is 0 Å². The maximum Gasteiger partial charge on any atom is 0.306 e. The van der Waals surface area contributed by atoms with Crippen LogP contribution in [-0.4, -0.2) is 18.4 Å². The number of halogens is 1.